The maximum absolute atomic E-state index is 13.5. The summed E-state index contributed by atoms with van der Waals surface area (Å²) in [6, 6.07) is 13.1. The maximum atomic E-state index is 13.5. The van der Waals surface area contributed by atoms with E-state index in [-0.39, 0.29) is 24.6 Å². The third-order valence-electron chi connectivity index (χ3n) is 6.04. The fraction of sp³-hybridized carbons (Fsp3) is 0.333. The van der Waals surface area contributed by atoms with Crippen molar-refractivity contribution in [2.24, 2.45) is 0 Å². The third kappa shape index (κ3) is 3.22. The number of rotatable bonds is 4. The zero-order valence-electron chi connectivity index (χ0n) is 16.9. The Kier molecular flexibility index (Phi) is 4.69. The van der Waals surface area contributed by atoms with Gasteiger partial charge in [0.15, 0.2) is 11.5 Å². The van der Waals surface area contributed by atoms with Gasteiger partial charge in [-0.05, 0) is 37.5 Å². The highest BCUT2D eigenvalue weighted by Gasteiger charge is 2.43. The fourth-order valence-electron chi connectivity index (χ4n) is 4.44. The molecule has 2 aliphatic heterocycles. The van der Waals surface area contributed by atoms with Gasteiger partial charge in [0, 0.05) is 17.8 Å². The van der Waals surface area contributed by atoms with Crippen LogP contribution in [0.4, 0.5) is 5.69 Å². The monoisotopic (exact) mass is 404 g/mol. The quantitative estimate of drug-likeness (QED) is 0.772. The lowest BCUT2D eigenvalue weighted by atomic mass is 9.94. The summed E-state index contributed by atoms with van der Waals surface area (Å²) in [4.78, 5) is 28.4. The Morgan fingerprint density at radius 3 is 2.40 bits per heavy atom. The van der Waals surface area contributed by atoms with Crippen LogP contribution in [0.15, 0.2) is 48.2 Å². The molecule has 0 unspecified atom stereocenters. The molecule has 6 heteroatoms. The number of carbonyl (C=O) groups is 2. The van der Waals surface area contributed by atoms with E-state index in [0.29, 0.717) is 28.5 Å². The highest BCUT2D eigenvalue weighted by atomic mass is 16.7. The molecule has 1 aliphatic carbocycles. The van der Waals surface area contributed by atoms with Crippen molar-refractivity contribution in [3.8, 4) is 11.5 Å². The highest BCUT2D eigenvalue weighted by Crippen LogP contribution is 2.38. The van der Waals surface area contributed by atoms with Gasteiger partial charge in [0.1, 0.15) is 5.70 Å². The number of amides is 2. The molecule has 2 heterocycles. The number of benzene rings is 2. The van der Waals surface area contributed by atoms with Gasteiger partial charge < -0.3 is 14.8 Å². The molecule has 0 bridgehead atoms. The molecule has 1 saturated carbocycles. The molecule has 0 radical (unpaired) electrons. The largest absolute Gasteiger partial charge is 0.454 e. The van der Waals surface area contributed by atoms with E-state index in [9.17, 15) is 9.59 Å². The molecule has 0 aromatic heterocycles. The summed E-state index contributed by atoms with van der Waals surface area (Å²) >= 11 is 0. The van der Waals surface area contributed by atoms with E-state index in [2.05, 4.69) is 5.32 Å². The molecular formula is C24H24N2O4. The molecule has 5 rings (SSSR count). The molecule has 154 valence electrons. The first-order valence-corrected chi connectivity index (χ1v) is 10.5. The van der Waals surface area contributed by atoms with Crippen LogP contribution in [-0.4, -0.2) is 29.5 Å². The molecule has 0 atom stereocenters. The van der Waals surface area contributed by atoms with Gasteiger partial charge >= 0.3 is 0 Å². The van der Waals surface area contributed by atoms with Gasteiger partial charge in [-0.15, -0.1) is 0 Å². The zero-order chi connectivity index (χ0) is 20.7. The second-order valence-electron chi connectivity index (χ2n) is 8.08. The molecule has 1 fully saturated rings. The summed E-state index contributed by atoms with van der Waals surface area (Å²) in [5, 5.41) is 3.22. The van der Waals surface area contributed by atoms with E-state index in [4.69, 9.17) is 9.47 Å². The topological polar surface area (TPSA) is 67.9 Å². The van der Waals surface area contributed by atoms with E-state index in [0.717, 1.165) is 43.2 Å². The summed E-state index contributed by atoms with van der Waals surface area (Å²) in [7, 11) is 0. The minimum Gasteiger partial charge on any atom is -0.454 e. The smallest absolute Gasteiger partial charge is 0.278 e. The average molecular weight is 404 g/mol. The van der Waals surface area contributed by atoms with Crippen LogP contribution in [0.25, 0.3) is 5.57 Å². The number of nitrogens with zero attached hydrogens (tertiary/aromatic N) is 1. The molecular weight excluding hydrogens is 380 g/mol. The standard InChI is InChI=1S/C24H24N2O4/c1-15-7-9-16(10-8-15)21-22(25-17-11-12-19-20(13-17)30-14-29-19)24(28)26(23(21)27)18-5-3-2-4-6-18/h7-13,18,25H,2-6,14H2,1H3. The number of nitrogens with one attached hydrogen (secondary N) is 1. The number of fused-ring (bicyclic) bond motifs is 1. The lowest BCUT2D eigenvalue weighted by Gasteiger charge is -2.29. The van der Waals surface area contributed by atoms with Crippen molar-refractivity contribution in [1.82, 2.24) is 4.90 Å². The lowest BCUT2D eigenvalue weighted by molar-refractivity contribution is -0.140. The van der Waals surface area contributed by atoms with Gasteiger partial charge in [-0.1, -0.05) is 49.1 Å². The van der Waals surface area contributed by atoms with Crippen LogP contribution < -0.4 is 14.8 Å². The van der Waals surface area contributed by atoms with Crippen LogP contribution in [-0.2, 0) is 9.59 Å². The first-order chi connectivity index (χ1) is 14.6. The number of aryl methyl sites for hydroxylation is 1. The third-order valence-corrected chi connectivity index (χ3v) is 6.04. The van der Waals surface area contributed by atoms with E-state index in [1.54, 1.807) is 12.1 Å². The summed E-state index contributed by atoms with van der Waals surface area (Å²) in [6.45, 7) is 2.18. The van der Waals surface area contributed by atoms with Gasteiger partial charge in [0.05, 0.1) is 5.57 Å². The minimum atomic E-state index is -0.250. The molecule has 2 amide bonds. The average Bonchev–Trinajstić information content (AvgIpc) is 3.32. The Hall–Kier alpha value is -3.28. The van der Waals surface area contributed by atoms with Gasteiger partial charge in [-0.25, -0.2) is 0 Å². The predicted octanol–water partition coefficient (Wildman–Crippen LogP) is 4.25. The molecule has 2 aromatic rings. The molecule has 30 heavy (non-hydrogen) atoms. The first-order valence-electron chi connectivity index (χ1n) is 10.5. The maximum Gasteiger partial charge on any atom is 0.278 e. The second-order valence-corrected chi connectivity index (χ2v) is 8.08. The van der Waals surface area contributed by atoms with Gasteiger partial charge in [0.25, 0.3) is 11.8 Å². The fourth-order valence-corrected chi connectivity index (χ4v) is 4.44. The van der Waals surface area contributed by atoms with E-state index in [1.165, 1.54) is 4.90 Å². The summed E-state index contributed by atoms with van der Waals surface area (Å²) in [6.07, 6.45) is 5.00. The number of imide groups is 1. The van der Waals surface area contributed by atoms with Crippen molar-refractivity contribution in [3.05, 3.63) is 59.3 Å². The molecule has 6 nitrogen and oxygen atoms in total. The Morgan fingerprint density at radius 1 is 0.900 bits per heavy atom. The van der Waals surface area contributed by atoms with E-state index < -0.39 is 0 Å². The van der Waals surface area contributed by atoms with E-state index >= 15 is 0 Å². The van der Waals surface area contributed by atoms with Crippen LogP contribution in [0.1, 0.15) is 43.2 Å². The van der Waals surface area contributed by atoms with Crippen LogP contribution in [0.3, 0.4) is 0 Å². The van der Waals surface area contributed by atoms with Crippen molar-refractivity contribution < 1.29 is 19.1 Å². The Morgan fingerprint density at radius 2 is 1.63 bits per heavy atom. The van der Waals surface area contributed by atoms with Crippen LogP contribution in [0, 0.1) is 6.92 Å². The van der Waals surface area contributed by atoms with Crippen LogP contribution in [0.2, 0.25) is 0 Å². The second kappa shape index (κ2) is 7.52. The van der Waals surface area contributed by atoms with Crippen molar-refractivity contribution in [2.45, 2.75) is 45.1 Å². The summed E-state index contributed by atoms with van der Waals surface area (Å²) < 4.78 is 10.8. The minimum absolute atomic E-state index is 0.0322. The van der Waals surface area contributed by atoms with Gasteiger partial charge in [-0.2, -0.15) is 0 Å². The van der Waals surface area contributed by atoms with Crippen molar-refractivity contribution in [2.75, 3.05) is 12.1 Å². The lowest BCUT2D eigenvalue weighted by Crippen LogP contribution is -2.42. The Balaban J connectivity index is 1.54. The number of hydrogen-bond donors (Lipinski definition) is 1. The summed E-state index contributed by atoms with van der Waals surface area (Å²) in [5.41, 5.74) is 3.30. The zero-order valence-corrected chi connectivity index (χ0v) is 16.9. The SMILES string of the molecule is Cc1ccc(C2=C(Nc3ccc4c(c3)OCO4)C(=O)N(C3CCCCC3)C2=O)cc1. The van der Waals surface area contributed by atoms with Crippen molar-refractivity contribution in [1.29, 1.82) is 0 Å². The molecule has 0 spiro atoms. The van der Waals surface area contributed by atoms with Crippen LogP contribution in [0.5, 0.6) is 11.5 Å². The van der Waals surface area contributed by atoms with Gasteiger partial charge in [0.2, 0.25) is 6.79 Å². The highest BCUT2D eigenvalue weighted by molar-refractivity contribution is 6.36. The number of anilines is 1. The van der Waals surface area contributed by atoms with Crippen molar-refractivity contribution in [3.63, 3.8) is 0 Å². The molecule has 0 saturated heterocycles. The molecule has 3 aliphatic rings. The Labute approximate surface area is 175 Å². The normalized spacial score (nSPS) is 19.0. The van der Waals surface area contributed by atoms with Crippen LogP contribution >= 0.6 is 0 Å². The Bertz CT molecular complexity index is 1040. The van der Waals surface area contributed by atoms with E-state index in [1.807, 2.05) is 37.3 Å². The first kappa shape index (κ1) is 18.7. The summed E-state index contributed by atoms with van der Waals surface area (Å²) in [5.74, 6) is 0.837. The number of carbonyl (C=O) groups excluding carboxylic acids is 2. The number of hydrogen-bond acceptors (Lipinski definition) is 5. The number of ether oxygens (including phenoxy) is 2. The molecule has 1 N–H and O–H groups in total. The predicted molar refractivity (Wildman–Crippen MR) is 113 cm³/mol. The van der Waals surface area contributed by atoms with Gasteiger partial charge in [-0.3, -0.25) is 14.5 Å². The van der Waals surface area contributed by atoms with Crippen molar-refractivity contribution >= 4 is 23.1 Å². The molecule has 2 aromatic carbocycles.